The highest BCUT2D eigenvalue weighted by atomic mass is 32.1. The molecule has 0 aliphatic carbocycles. The molecule has 2 aromatic carbocycles. The number of aromatic carboxylic acids is 1. The van der Waals surface area contributed by atoms with E-state index >= 15 is 0 Å². The van der Waals surface area contributed by atoms with E-state index in [9.17, 15) is 18.0 Å². The summed E-state index contributed by atoms with van der Waals surface area (Å²) in [4.78, 5) is 14.7. The number of alkyl halides is 3. The van der Waals surface area contributed by atoms with Gasteiger partial charge in [0.15, 0.2) is 5.69 Å². The van der Waals surface area contributed by atoms with Crippen molar-refractivity contribution in [2.24, 2.45) is 0 Å². The van der Waals surface area contributed by atoms with Crippen molar-refractivity contribution in [2.75, 3.05) is 0 Å². The lowest BCUT2D eigenvalue weighted by atomic mass is 10.0. The second-order valence-corrected chi connectivity index (χ2v) is 6.23. The average Bonchev–Trinajstić information content (AvgIpc) is 3.09. The molecule has 27 heavy (non-hydrogen) atoms. The van der Waals surface area contributed by atoms with Gasteiger partial charge in [-0.05, 0) is 23.8 Å². The first kappa shape index (κ1) is 18.7. The topological polar surface area (TPSA) is 68.7 Å². The third kappa shape index (κ3) is 4.98. The molecule has 1 N–H and O–H groups in total. The average molecular weight is 395 g/mol. The van der Waals surface area contributed by atoms with Crippen molar-refractivity contribution in [3.63, 3.8) is 0 Å². The molecule has 0 amide bonds. The second-order valence-electron chi connectivity index (χ2n) is 5.29. The highest BCUT2D eigenvalue weighted by molar-refractivity contribution is 7.09. The van der Waals surface area contributed by atoms with E-state index in [1.54, 1.807) is 30.3 Å². The number of hydrogen-bond donors (Lipinski definition) is 1. The molecule has 0 fully saturated rings. The van der Waals surface area contributed by atoms with Crippen LogP contribution in [0.2, 0.25) is 0 Å². The van der Waals surface area contributed by atoms with Crippen molar-refractivity contribution in [1.82, 2.24) is 4.98 Å². The van der Waals surface area contributed by atoms with Gasteiger partial charge in [0.1, 0.15) is 23.1 Å². The van der Waals surface area contributed by atoms with Crippen LogP contribution in [0.15, 0.2) is 53.9 Å². The Morgan fingerprint density at radius 3 is 2.44 bits per heavy atom. The number of nitrogens with zero attached hydrogens (tertiary/aromatic N) is 1. The van der Waals surface area contributed by atoms with Gasteiger partial charge in [-0.2, -0.15) is 0 Å². The number of carboxylic acid groups (broad SMARTS) is 1. The van der Waals surface area contributed by atoms with Crippen LogP contribution in [0.1, 0.15) is 15.5 Å². The summed E-state index contributed by atoms with van der Waals surface area (Å²) >= 11 is 1.16. The smallest absolute Gasteiger partial charge is 0.486 e. The van der Waals surface area contributed by atoms with Crippen LogP contribution in [-0.2, 0) is 6.61 Å². The Morgan fingerprint density at radius 1 is 1.11 bits per heavy atom. The molecule has 1 aromatic heterocycles. The van der Waals surface area contributed by atoms with E-state index < -0.39 is 12.3 Å². The zero-order valence-electron chi connectivity index (χ0n) is 13.6. The van der Waals surface area contributed by atoms with E-state index in [-0.39, 0.29) is 18.1 Å². The first-order valence-corrected chi connectivity index (χ1v) is 8.45. The van der Waals surface area contributed by atoms with Crippen LogP contribution in [0.4, 0.5) is 13.2 Å². The predicted molar refractivity (Wildman–Crippen MR) is 92.0 cm³/mol. The Hall–Kier alpha value is -3.07. The van der Waals surface area contributed by atoms with Crippen LogP contribution in [0.25, 0.3) is 11.1 Å². The van der Waals surface area contributed by atoms with Crippen molar-refractivity contribution in [3.8, 4) is 22.6 Å². The second kappa shape index (κ2) is 7.67. The number of hydrogen-bond acceptors (Lipinski definition) is 5. The minimum atomic E-state index is -4.78. The maximum absolute atomic E-state index is 12.5. The Kier molecular flexibility index (Phi) is 5.31. The fourth-order valence-electron chi connectivity index (χ4n) is 2.27. The number of carbonyl (C=O) groups is 1. The highest BCUT2D eigenvalue weighted by Crippen LogP contribution is 2.34. The summed E-state index contributed by atoms with van der Waals surface area (Å²) in [5.74, 6) is -0.927. The van der Waals surface area contributed by atoms with Crippen LogP contribution in [-0.4, -0.2) is 22.4 Å². The van der Waals surface area contributed by atoms with Crippen molar-refractivity contribution in [2.45, 2.75) is 13.0 Å². The molecule has 0 saturated carbocycles. The van der Waals surface area contributed by atoms with Crippen LogP contribution in [0, 0.1) is 0 Å². The summed E-state index contributed by atoms with van der Waals surface area (Å²) in [5, 5.41) is 10.8. The van der Waals surface area contributed by atoms with Gasteiger partial charge < -0.3 is 14.6 Å². The largest absolute Gasteiger partial charge is 0.573 e. The third-order valence-corrected chi connectivity index (χ3v) is 4.23. The number of ether oxygens (including phenoxy) is 2. The van der Waals surface area contributed by atoms with Gasteiger partial charge >= 0.3 is 12.3 Å². The standard InChI is InChI=1S/C18H12F3NO4S/c19-18(20,21)26-15-4-2-1-3-13(15)11-5-7-12(8-6-11)25-9-16-22-14(10-27-16)17(23)24/h1-8,10H,9H2,(H,23,24). The molecule has 0 saturated heterocycles. The summed E-state index contributed by atoms with van der Waals surface area (Å²) in [5.41, 5.74) is 0.784. The van der Waals surface area contributed by atoms with E-state index in [1.165, 1.54) is 23.6 Å². The Balaban J connectivity index is 1.71. The minimum absolute atomic E-state index is 0.0461. The molecule has 1 heterocycles. The molecule has 5 nitrogen and oxygen atoms in total. The summed E-state index contributed by atoms with van der Waals surface area (Å²) in [6.07, 6.45) is -4.78. The maximum atomic E-state index is 12.5. The third-order valence-electron chi connectivity index (χ3n) is 3.41. The van der Waals surface area contributed by atoms with E-state index in [0.717, 1.165) is 11.3 Å². The predicted octanol–water partition coefficient (Wildman–Crippen LogP) is 4.99. The van der Waals surface area contributed by atoms with E-state index in [4.69, 9.17) is 9.84 Å². The van der Waals surface area contributed by atoms with Gasteiger partial charge in [0.25, 0.3) is 0 Å². The zero-order valence-corrected chi connectivity index (χ0v) is 14.4. The minimum Gasteiger partial charge on any atom is -0.486 e. The SMILES string of the molecule is O=C(O)c1csc(COc2ccc(-c3ccccc3OC(F)(F)F)cc2)n1. The van der Waals surface area contributed by atoms with Crippen LogP contribution in [0.3, 0.4) is 0 Å². The summed E-state index contributed by atoms with van der Waals surface area (Å²) in [7, 11) is 0. The van der Waals surface area contributed by atoms with Gasteiger partial charge in [0.2, 0.25) is 0 Å². The van der Waals surface area contributed by atoms with Crippen molar-refractivity contribution in [3.05, 3.63) is 64.6 Å². The molecular formula is C18H12F3NO4S. The Bertz CT molecular complexity index is 938. The first-order valence-electron chi connectivity index (χ1n) is 7.57. The number of thiazole rings is 1. The fraction of sp³-hybridized carbons (Fsp3) is 0.111. The monoisotopic (exact) mass is 395 g/mol. The van der Waals surface area contributed by atoms with Gasteiger partial charge in [-0.3, -0.25) is 0 Å². The first-order chi connectivity index (χ1) is 12.8. The number of benzene rings is 2. The van der Waals surface area contributed by atoms with E-state index in [1.807, 2.05) is 0 Å². The Labute approximate surface area is 155 Å². The normalized spacial score (nSPS) is 11.2. The number of para-hydroxylation sites is 1. The molecule has 0 spiro atoms. The molecule has 0 unspecified atom stereocenters. The molecule has 9 heteroatoms. The van der Waals surface area contributed by atoms with Crippen molar-refractivity contribution in [1.29, 1.82) is 0 Å². The number of halogens is 3. The summed E-state index contributed by atoms with van der Waals surface area (Å²) < 4.78 is 47.2. The highest BCUT2D eigenvalue weighted by Gasteiger charge is 2.32. The Morgan fingerprint density at radius 2 is 1.81 bits per heavy atom. The molecule has 140 valence electrons. The maximum Gasteiger partial charge on any atom is 0.573 e. The lowest BCUT2D eigenvalue weighted by Gasteiger charge is -2.13. The van der Waals surface area contributed by atoms with Gasteiger partial charge in [0, 0.05) is 10.9 Å². The van der Waals surface area contributed by atoms with Crippen molar-refractivity contribution >= 4 is 17.3 Å². The van der Waals surface area contributed by atoms with Gasteiger partial charge in [-0.25, -0.2) is 9.78 Å². The summed E-state index contributed by atoms with van der Waals surface area (Å²) in [6, 6.07) is 12.3. The van der Waals surface area contributed by atoms with Gasteiger partial charge in [0.05, 0.1) is 0 Å². The van der Waals surface area contributed by atoms with Gasteiger partial charge in [-0.15, -0.1) is 24.5 Å². The molecule has 0 bridgehead atoms. The molecular weight excluding hydrogens is 383 g/mol. The lowest BCUT2D eigenvalue weighted by molar-refractivity contribution is -0.274. The van der Waals surface area contributed by atoms with E-state index in [0.29, 0.717) is 21.9 Å². The van der Waals surface area contributed by atoms with Gasteiger partial charge in [-0.1, -0.05) is 30.3 Å². The van der Waals surface area contributed by atoms with Crippen molar-refractivity contribution < 1.29 is 32.5 Å². The molecule has 0 atom stereocenters. The molecule has 0 aliphatic rings. The summed E-state index contributed by atoms with van der Waals surface area (Å²) in [6.45, 7) is 0.0884. The van der Waals surface area contributed by atoms with E-state index in [2.05, 4.69) is 9.72 Å². The zero-order chi connectivity index (χ0) is 19.4. The molecule has 3 rings (SSSR count). The number of rotatable bonds is 6. The number of aromatic nitrogens is 1. The fourth-order valence-corrected chi connectivity index (χ4v) is 2.95. The molecule has 0 radical (unpaired) electrons. The quantitative estimate of drug-likeness (QED) is 0.637. The van der Waals surface area contributed by atoms with Crippen LogP contribution < -0.4 is 9.47 Å². The molecule has 3 aromatic rings. The number of carboxylic acids is 1. The van der Waals surface area contributed by atoms with Crippen LogP contribution in [0.5, 0.6) is 11.5 Å². The van der Waals surface area contributed by atoms with Crippen LogP contribution >= 0.6 is 11.3 Å². The lowest BCUT2D eigenvalue weighted by Crippen LogP contribution is -2.17. The molecule has 0 aliphatic heterocycles.